The lowest BCUT2D eigenvalue weighted by Crippen LogP contribution is -2.63. The molecular formula is C44H66N2O6. The van der Waals surface area contributed by atoms with Crippen molar-refractivity contribution >= 4 is 23.6 Å². The van der Waals surface area contributed by atoms with E-state index in [1.165, 1.54) is 5.57 Å². The number of Topliss-reactive ketones (excluding diaryl/α,β-unsaturated/α-hetero) is 1. The number of pyridine rings is 1. The summed E-state index contributed by atoms with van der Waals surface area (Å²) in [4.78, 5) is 57.9. The number of hydrogen-bond acceptors (Lipinski definition) is 6. The van der Waals surface area contributed by atoms with Crippen molar-refractivity contribution in [3.63, 3.8) is 0 Å². The van der Waals surface area contributed by atoms with Crippen molar-refractivity contribution in [1.29, 1.82) is 0 Å². The molecule has 6 rings (SSSR count). The smallest absolute Gasteiger partial charge is 0.309 e. The maximum atomic E-state index is 13.9. The van der Waals surface area contributed by atoms with E-state index in [4.69, 9.17) is 4.74 Å². The molecule has 4 fully saturated rings. The minimum absolute atomic E-state index is 0. The average molecular weight is 719 g/mol. The van der Waals surface area contributed by atoms with Gasteiger partial charge in [0.1, 0.15) is 6.10 Å². The largest absolute Gasteiger partial charge is 0.481 e. The van der Waals surface area contributed by atoms with Gasteiger partial charge in [-0.3, -0.25) is 24.2 Å². The molecule has 0 aromatic carbocycles. The van der Waals surface area contributed by atoms with E-state index in [9.17, 15) is 24.3 Å². The first-order valence-corrected chi connectivity index (χ1v) is 19.6. The second kappa shape index (κ2) is 14.0. The third kappa shape index (κ3) is 6.46. The fraction of sp³-hybridized carbons (Fsp3) is 0.750. The number of aliphatic carboxylic acids is 1. The van der Waals surface area contributed by atoms with Crippen molar-refractivity contribution < 1.29 is 29.0 Å². The topological polar surface area (TPSA) is 114 Å². The van der Waals surface area contributed by atoms with Crippen molar-refractivity contribution in [2.45, 2.75) is 140 Å². The number of carboxylic acids is 1. The van der Waals surface area contributed by atoms with Gasteiger partial charge in [0.2, 0.25) is 0 Å². The number of carbonyl (C=O) groups excluding carboxylic acids is 3. The first-order valence-electron chi connectivity index (χ1n) is 19.6. The summed E-state index contributed by atoms with van der Waals surface area (Å²) in [6.45, 7) is 17.8. The summed E-state index contributed by atoms with van der Waals surface area (Å²) in [5.74, 6) is 0.932. The number of carboxylic acid groups (broad SMARTS) is 1. The van der Waals surface area contributed by atoms with Gasteiger partial charge in [-0.15, -0.1) is 0 Å². The molecule has 1 aromatic rings. The standard InChI is InChI=1S/C43H62N2O6.CH4/c1-26(2)35-30(46)23-43(20-22-45(9)37(48)27-11-10-21-44-25-27)19-14-29-28(36(35)43)12-13-32-41(29,7)17-15-31-40(5,6)33(16-18-42(31,32)8)51-34(47)24-39(3,4)38(49)50;/h10-11,21,25-26,28-29,31-33H,12-20,22-24H2,1-9H3,(H,49,50);1H4. The van der Waals surface area contributed by atoms with Crippen molar-refractivity contribution in [1.82, 2.24) is 9.88 Å². The van der Waals surface area contributed by atoms with Crippen LogP contribution >= 0.6 is 0 Å². The van der Waals surface area contributed by atoms with Gasteiger partial charge in [0.05, 0.1) is 17.4 Å². The van der Waals surface area contributed by atoms with Crippen LogP contribution in [0.25, 0.3) is 0 Å². The van der Waals surface area contributed by atoms with E-state index in [0.29, 0.717) is 48.0 Å². The lowest BCUT2D eigenvalue weighted by atomic mass is 9.36. The van der Waals surface area contributed by atoms with Gasteiger partial charge in [-0.25, -0.2) is 0 Å². The second-order valence-corrected chi connectivity index (χ2v) is 19.3. The predicted molar refractivity (Wildman–Crippen MR) is 203 cm³/mol. The first kappa shape index (κ1) is 40.2. The van der Waals surface area contributed by atoms with Crippen LogP contribution in [0.2, 0.25) is 0 Å². The van der Waals surface area contributed by atoms with Gasteiger partial charge >= 0.3 is 11.9 Å². The Balaban J connectivity index is 0.00000523. The summed E-state index contributed by atoms with van der Waals surface area (Å²) in [5, 5.41) is 9.59. The van der Waals surface area contributed by atoms with E-state index in [1.54, 1.807) is 32.3 Å². The van der Waals surface area contributed by atoms with Crippen LogP contribution in [0.4, 0.5) is 0 Å². The molecule has 0 radical (unpaired) electrons. The monoisotopic (exact) mass is 718 g/mol. The Morgan fingerprint density at radius 3 is 2.33 bits per heavy atom. The lowest BCUT2D eigenvalue weighted by molar-refractivity contribution is -0.213. The second-order valence-electron chi connectivity index (χ2n) is 19.3. The minimum Gasteiger partial charge on any atom is -0.481 e. The summed E-state index contributed by atoms with van der Waals surface area (Å²) in [6, 6.07) is 3.61. The molecule has 1 heterocycles. The molecule has 288 valence electrons. The number of allylic oxidation sites excluding steroid dienone is 2. The Morgan fingerprint density at radius 2 is 1.69 bits per heavy atom. The SMILES string of the molecule is C.CC(C)C1=C2C3CCC4C(C)(CCC5C(C)(C)C(OC(=O)CC(C)(C)C(=O)O)CCC54C)C3CCC2(CCN(C)C(=O)c2cccnc2)CC1=O. The molecule has 0 saturated heterocycles. The van der Waals surface area contributed by atoms with Gasteiger partial charge < -0.3 is 14.7 Å². The number of ketones is 1. The fourth-order valence-corrected chi connectivity index (χ4v) is 12.8. The van der Waals surface area contributed by atoms with Gasteiger partial charge in [-0.05, 0) is 130 Å². The highest BCUT2D eigenvalue weighted by atomic mass is 16.5. The number of hydrogen-bond donors (Lipinski definition) is 1. The maximum absolute atomic E-state index is 13.9. The van der Waals surface area contributed by atoms with Crippen LogP contribution in [0.1, 0.15) is 144 Å². The molecule has 8 heteroatoms. The van der Waals surface area contributed by atoms with Crippen LogP contribution in [0, 0.1) is 56.7 Å². The quantitative estimate of drug-likeness (QED) is 0.253. The van der Waals surface area contributed by atoms with Crippen molar-refractivity contribution in [2.75, 3.05) is 13.6 Å². The Kier molecular flexibility index (Phi) is 10.8. The summed E-state index contributed by atoms with van der Waals surface area (Å²) in [7, 11) is 1.88. The lowest BCUT2D eigenvalue weighted by Gasteiger charge is -2.69. The van der Waals surface area contributed by atoms with Crippen LogP contribution in [0.15, 0.2) is 35.7 Å². The number of rotatable bonds is 9. The Labute approximate surface area is 312 Å². The highest BCUT2D eigenvalue weighted by Gasteiger charge is 2.66. The molecule has 8 nitrogen and oxygen atoms in total. The summed E-state index contributed by atoms with van der Waals surface area (Å²) in [6.07, 6.45) is 12.7. The Hall–Kier alpha value is -3.03. The molecule has 0 bridgehead atoms. The molecule has 1 amide bonds. The van der Waals surface area contributed by atoms with E-state index in [2.05, 4.69) is 46.5 Å². The van der Waals surface area contributed by atoms with Crippen molar-refractivity contribution in [3.05, 3.63) is 41.2 Å². The fourth-order valence-electron chi connectivity index (χ4n) is 12.8. The third-order valence-corrected chi connectivity index (χ3v) is 15.3. The molecule has 0 aliphatic heterocycles. The van der Waals surface area contributed by atoms with E-state index >= 15 is 0 Å². The molecule has 5 aliphatic rings. The molecule has 8 unspecified atom stereocenters. The van der Waals surface area contributed by atoms with Crippen LogP contribution in [-0.4, -0.2) is 58.3 Å². The number of esters is 1. The van der Waals surface area contributed by atoms with Gasteiger partial charge in [0.15, 0.2) is 5.78 Å². The van der Waals surface area contributed by atoms with Gasteiger partial charge in [0, 0.05) is 43.2 Å². The van der Waals surface area contributed by atoms with Gasteiger partial charge in [0.25, 0.3) is 5.91 Å². The molecule has 0 spiro atoms. The van der Waals surface area contributed by atoms with Crippen LogP contribution < -0.4 is 0 Å². The highest BCUT2D eigenvalue weighted by Crippen LogP contribution is 2.73. The summed E-state index contributed by atoms with van der Waals surface area (Å²) < 4.78 is 6.15. The molecule has 5 aliphatic carbocycles. The van der Waals surface area contributed by atoms with Gasteiger partial charge in [-0.2, -0.15) is 0 Å². The number of amides is 1. The third-order valence-electron chi connectivity index (χ3n) is 15.3. The maximum Gasteiger partial charge on any atom is 0.309 e. The van der Waals surface area contributed by atoms with E-state index < -0.39 is 17.4 Å². The summed E-state index contributed by atoms with van der Waals surface area (Å²) >= 11 is 0. The Bertz CT molecular complexity index is 1600. The number of nitrogens with zero attached hydrogens (tertiary/aromatic N) is 2. The highest BCUT2D eigenvalue weighted by molar-refractivity contribution is 6.00. The Morgan fingerprint density at radius 1 is 1.00 bits per heavy atom. The van der Waals surface area contributed by atoms with Crippen LogP contribution in [-0.2, 0) is 19.1 Å². The van der Waals surface area contributed by atoms with E-state index in [0.717, 1.165) is 63.4 Å². The molecule has 1 aromatic heterocycles. The summed E-state index contributed by atoms with van der Waals surface area (Å²) in [5.41, 5.74) is 1.83. The zero-order valence-corrected chi connectivity index (χ0v) is 32.6. The average Bonchev–Trinajstić information content (AvgIpc) is 3.37. The van der Waals surface area contributed by atoms with Crippen LogP contribution in [0.3, 0.4) is 0 Å². The van der Waals surface area contributed by atoms with E-state index in [-0.39, 0.29) is 53.4 Å². The van der Waals surface area contributed by atoms with Crippen molar-refractivity contribution in [2.24, 2.45) is 56.7 Å². The van der Waals surface area contributed by atoms with Crippen molar-refractivity contribution in [3.8, 4) is 0 Å². The first-order chi connectivity index (χ1) is 23.8. The molecule has 1 N–H and O–H groups in total. The number of fused-ring (bicyclic) bond motifs is 7. The zero-order chi connectivity index (χ0) is 37.3. The van der Waals surface area contributed by atoms with Gasteiger partial charge in [-0.1, -0.05) is 54.5 Å². The van der Waals surface area contributed by atoms with Crippen LogP contribution in [0.5, 0.6) is 0 Å². The minimum atomic E-state index is -1.16. The predicted octanol–water partition coefficient (Wildman–Crippen LogP) is 9.18. The molecule has 4 saturated carbocycles. The number of ether oxygens (including phenoxy) is 1. The zero-order valence-electron chi connectivity index (χ0n) is 32.6. The molecular weight excluding hydrogens is 652 g/mol. The van der Waals surface area contributed by atoms with E-state index in [1.807, 2.05) is 18.0 Å². The number of carbonyl (C=O) groups is 4. The number of aromatic nitrogens is 1. The molecule has 8 atom stereocenters. The molecule has 52 heavy (non-hydrogen) atoms. The normalized spacial score (nSPS) is 35.0.